The average molecular weight is 962 g/mol. The fraction of sp³-hybridized carbons (Fsp3) is 0.194. The highest BCUT2D eigenvalue weighted by Crippen LogP contribution is 2.62. The molecule has 6 heteroatoms. The van der Waals surface area contributed by atoms with E-state index in [0.717, 1.165) is 34.0 Å². The molecule has 4 nitrogen and oxygen atoms in total. The monoisotopic (exact) mass is 961 g/mol. The van der Waals surface area contributed by atoms with Gasteiger partial charge in [-0.15, -0.1) is 11.3 Å². The van der Waals surface area contributed by atoms with Crippen molar-refractivity contribution in [2.45, 2.75) is 83.6 Å². The summed E-state index contributed by atoms with van der Waals surface area (Å²) in [6.07, 6.45) is 4.81. The van der Waals surface area contributed by atoms with E-state index in [2.05, 4.69) is 238 Å². The summed E-state index contributed by atoms with van der Waals surface area (Å²) in [7, 11) is 0. The first-order valence-corrected chi connectivity index (χ1v) is 27.1. The van der Waals surface area contributed by atoms with Crippen LogP contribution in [0.4, 0.5) is 45.5 Å². The number of benzene rings is 9. The van der Waals surface area contributed by atoms with Crippen molar-refractivity contribution in [1.29, 1.82) is 0 Å². The summed E-state index contributed by atoms with van der Waals surface area (Å²) in [4.78, 5) is 8.02. The van der Waals surface area contributed by atoms with E-state index in [1.165, 1.54) is 123 Å². The molecule has 0 amide bonds. The number of hydrogen-bond donors (Lipinski definition) is 0. The molecule has 0 bridgehead atoms. The lowest BCUT2D eigenvalue weighted by molar-refractivity contribution is 0.195. The van der Waals surface area contributed by atoms with Crippen LogP contribution < -0.4 is 31.1 Å². The third kappa shape index (κ3) is 5.96. The van der Waals surface area contributed by atoms with Gasteiger partial charge in [-0.3, -0.25) is 0 Å². The van der Waals surface area contributed by atoms with E-state index in [0.29, 0.717) is 0 Å². The predicted molar refractivity (Wildman–Crippen MR) is 312 cm³/mol. The minimum absolute atomic E-state index is 0.00408. The number of thiophene rings is 1. The average Bonchev–Trinajstić information content (AvgIpc) is 4.04. The quantitative estimate of drug-likeness (QED) is 0.164. The topological polar surface area (TPSA) is 22.9 Å². The van der Waals surface area contributed by atoms with Gasteiger partial charge in [0.2, 0.25) is 0 Å². The zero-order chi connectivity index (χ0) is 49.1. The molecule has 0 radical (unpaired) electrons. The fourth-order valence-electron chi connectivity index (χ4n) is 14.0. The molecular weight excluding hydrogens is 906 g/mol. The van der Waals surface area contributed by atoms with Crippen molar-refractivity contribution >= 4 is 122 Å². The Labute approximate surface area is 432 Å². The molecule has 1 aliphatic carbocycles. The summed E-state index contributed by atoms with van der Waals surface area (Å²) >= 11 is 1.91. The Bertz CT molecular complexity index is 4130. The molecule has 1 fully saturated rings. The van der Waals surface area contributed by atoms with Gasteiger partial charge < -0.3 is 19.1 Å². The highest BCUT2D eigenvalue weighted by Gasteiger charge is 2.58. The van der Waals surface area contributed by atoms with Crippen LogP contribution in [0, 0.1) is 6.92 Å². The standard InChI is InChI=1S/C67H56BN3OS/c1-41-36-57-63-58(37-41)70(54-24-16-22-47-46-20-11-13-27-61(46)73-64(47)54)56-40-45(71-52-33-29-44(65(2,3)4)39-49(52)66(5)34-14-15-35-67(66,71)6)30-32-51(56)68(63)50-31-28-43(42-18-8-7-9-19-42)38-55(50)69(57)53-23-17-26-60-62(53)48-21-10-12-25-59(48)72-60/h7-13,16-33,36-40H,14-15,34-35H2,1-6H3. The SMILES string of the molecule is Cc1cc2c3c(c1)N(c1cccc4oc5ccccc5c14)c1cc(-c4ccccc4)ccc1B3c1ccc(N3c4ccc(C(C)(C)C)cc4C4(C)CCCCC34C)cc1N2c1cccc2c1sc1ccccc12. The lowest BCUT2D eigenvalue weighted by atomic mass is 9.33. The maximum atomic E-state index is 6.65. The van der Waals surface area contributed by atoms with Crippen molar-refractivity contribution < 1.29 is 4.42 Å². The van der Waals surface area contributed by atoms with E-state index in [9.17, 15) is 0 Å². The third-order valence-corrected chi connectivity index (χ3v) is 19.0. The second-order valence-corrected chi connectivity index (χ2v) is 23.9. The molecule has 4 aliphatic rings. The second kappa shape index (κ2) is 15.3. The van der Waals surface area contributed by atoms with Gasteiger partial charge in [0.15, 0.2) is 0 Å². The molecule has 0 N–H and O–H groups in total. The molecule has 2 aromatic heterocycles. The smallest absolute Gasteiger partial charge is 0.252 e. The zero-order valence-electron chi connectivity index (χ0n) is 42.4. The minimum Gasteiger partial charge on any atom is -0.456 e. The molecule has 0 spiro atoms. The van der Waals surface area contributed by atoms with Crippen LogP contribution in [-0.4, -0.2) is 12.3 Å². The molecule has 11 aromatic rings. The number of furan rings is 1. The van der Waals surface area contributed by atoms with Crippen LogP contribution in [0.1, 0.15) is 77.0 Å². The Morgan fingerprint density at radius 2 is 1.21 bits per heavy atom. The van der Waals surface area contributed by atoms with Gasteiger partial charge in [-0.1, -0.05) is 156 Å². The Balaban J connectivity index is 1.03. The molecular formula is C67H56BN3OS. The number of hydrogen-bond acceptors (Lipinski definition) is 5. The summed E-state index contributed by atoms with van der Waals surface area (Å²) in [5.74, 6) is 0. The number of para-hydroxylation sites is 1. The van der Waals surface area contributed by atoms with Gasteiger partial charge in [-0.25, -0.2) is 0 Å². The Morgan fingerprint density at radius 1 is 0.534 bits per heavy atom. The number of aryl methyl sites for hydroxylation is 1. The van der Waals surface area contributed by atoms with Gasteiger partial charge in [0.1, 0.15) is 11.2 Å². The largest absolute Gasteiger partial charge is 0.456 e. The van der Waals surface area contributed by atoms with Crippen molar-refractivity contribution in [2.24, 2.45) is 0 Å². The van der Waals surface area contributed by atoms with Crippen molar-refractivity contribution in [2.75, 3.05) is 14.7 Å². The highest BCUT2D eigenvalue weighted by atomic mass is 32.1. The summed E-state index contributed by atoms with van der Waals surface area (Å²) in [6.45, 7) is 14.5. The third-order valence-electron chi connectivity index (χ3n) is 17.8. The van der Waals surface area contributed by atoms with Crippen LogP contribution in [0.3, 0.4) is 0 Å². The van der Waals surface area contributed by atoms with E-state index in [4.69, 9.17) is 4.42 Å². The lowest BCUT2D eigenvalue weighted by Gasteiger charge is -2.50. The van der Waals surface area contributed by atoms with Crippen LogP contribution in [-0.2, 0) is 10.8 Å². The Kier molecular flexibility index (Phi) is 9.00. The van der Waals surface area contributed by atoms with Gasteiger partial charge in [-0.05, 0) is 143 Å². The van der Waals surface area contributed by atoms with E-state index >= 15 is 0 Å². The first-order valence-electron chi connectivity index (χ1n) is 26.3. The normalized spacial score (nSPS) is 18.9. The summed E-state index contributed by atoms with van der Waals surface area (Å²) < 4.78 is 9.26. The van der Waals surface area contributed by atoms with Gasteiger partial charge in [0.25, 0.3) is 6.71 Å². The first-order chi connectivity index (χ1) is 35.5. The first kappa shape index (κ1) is 43.1. The van der Waals surface area contributed by atoms with Crippen molar-refractivity contribution in [3.8, 4) is 11.1 Å². The van der Waals surface area contributed by atoms with E-state index < -0.39 is 0 Å². The second-order valence-electron chi connectivity index (χ2n) is 22.8. The number of rotatable bonds is 4. The van der Waals surface area contributed by atoms with Gasteiger partial charge in [-0.2, -0.15) is 0 Å². The molecule has 5 heterocycles. The molecule has 1 saturated carbocycles. The predicted octanol–water partition coefficient (Wildman–Crippen LogP) is 17.1. The molecule has 3 aliphatic heterocycles. The maximum Gasteiger partial charge on any atom is 0.252 e. The Hall–Kier alpha value is -7.54. The van der Waals surface area contributed by atoms with Gasteiger partial charge in [0, 0.05) is 60.4 Å². The number of anilines is 8. The fourth-order valence-corrected chi connectivity index (χ4v) is 15.2. The van der Waals surface area contributed by atoms with Crippen LogP contribution >= 0.6 is 11.3 Å². The summed E-state index contributed by atoms with van der Waals surface area (Å²) in [5, 5.41) is 4.85. The number of fused-ring (bicyclic) bond motifs is 13. The molecule has 2 unspecified atom stereocenters. The zero-order valence-corrected chi connectivity index (χ0v) is 43.2. The lowest BCUT2D eigenvalue weighted by Crippen LogP contribution is -2.61. The van der Waals surface area contributed by atoms with Crippen LogP contribution in [0.2, 0.25) is 0 Å². The van der Waals surface area contributed by atoms with Gasteiger partial charge >= 0.3 is 0 Å². The van der Waals surface area contributed by atoms with Crippen LogP contribution in [0.15, 0.2) is 186 Å². The van der Waals surface area contributed by atoms with Crippen molar-refractivity contribution in [3.05, 3.63) is 199 Å². The molecule has 73 heavy (non-hydrogen) atoms. The Morgan fingerprint density at radius 3 is 2.03 bits per heavy atom. The van der Waals surface area contributed by atoms with Crippen LogP contribution in [0.5, 0.6) is 0 Å². The minimum atomic E-state index is -0.102. The van der Waals surface area contributed by atoms with Gasteiger partial charge in [0.05, 0.1) is 27.0 Å². The van der Waals surface area contributed by atoms with Crippen molar-refractivity contribution in [3.63, 3.8) is 0 Å². The van der Waals surface area contributed by atoms with Crippen LogP contribution in [0.25, 0.3) is 53.2 Å². The molecule has 2 atom stereocenters. The molecule has 15 rings (SSSR count). The molecule has 0 saturated heterocycles. The molecule has 354 valence electrons. The summed E-state index contributed by atoms with van der Waals surface area (Å²) in [6, 6.07) is 69.1. The number of nitrogens with zero attached hydrogens (tertiary/aromatic N) is 3. The van der Waals surface area contributed by atoms with E-state index in [-0.39, 0.29) is 23.1 Å². The highest BCUT2D eigenvalue weighted by molar-refractivity contribution is 7.26. The van der Waals surface area contributed by atoms with Crippen molar-refractivity contribution in [1.82, 2.24) is 0 Å². The van der Waals surface area contributed by atoms with E-state index in [1.807, 2.05) is 11.3 Å². The van der Waals surface area contributed by atoms with E-state index in [1.54, 1.807) is 0 Å². The summed E-state index contributed by atoms with van der Waals surface area (Å²) in [5.41, 5.74) is 22.0. The maximum absolute atomic E-state index is 6.65. The molecule has 9 aromatic carbocycles.